The Morgan fingerprint density at radius 3 is 2.52 bits per heavy atom. The van der Waals surface area contributed by atoms with Gasteiger partial charge in [-0.25, -0.2) is 4.39 Å². The van der Waals surface area contributed by atoms with Gasteiger partial charge in [0.25, 0.3) is 11.7 Å². The van der Waals surface area contributed by atoms with Crippen molar-refractivity contribution in [1.29, 1.82) is 0 Å². The largest absolute Gasteiger partial charge is 0.486 e. The lowest BCUT2D eigenvalue weighted by Crippen LogP contribution is -2.23. The van der Waals surface area contributed by atoms with Gasteiger partial charge in [0.15, 0.2) is 11.5 Å². The lowest BCUT2D eigenvalue weighted by Gasteiger charge is -2.18. The van der Waals surface area contributed by atoms with Crippen LogP contribution in [0.2, 0.25) is 5.02 Å². The van der Waals surface area contributed by atoms with Crippen LogP contribution in [0, 0.1) is 5.82 Å². The molecule has 3 aromatic carbocycles. The zero-order valence-electron chi connectivity index (χ0n) is 17.3. The second-order valence-electron chi connectivity index (χ2n) is 7.60. The lowest BCUT2D eigenvalue weighted by molar-refractivity contribution is -0.112. The fraction of sp³-hybridized carbons (Fsp3) is 0.120. The Morgan fingerprint density at radius 1 is 0.970 bits per heavy atom. The molecule has 1 amide bonds. The number of hydrogen-bond acceptors (Lipinski definition) is 4. The first kappa shape index (κ1) is 21.0. The van der Waals surface area contributed by atoms with Gasteiger partial charge in [-0.1, -0.05) is 23.7 Å². The van der Waals surface area contributed by atoms with E-state index in [2.05, 4.69) is 5.32 Å². The minimum Gasteiger partial charge on any atom is -0.486 e. The third-order valence-electron chi connectivity index (χ3n) is 5.36. The zero-order chi connectivity index (χ0) is 22.9. The minimum atomic E-state index is -0.804. The summed E-state index contributed by atoms with van der Waals surface area (Å²) in [5.41, 5.74) is 2.03. The van der Waals surface area contributed by atoms with E-state index in [0.29, 0.717) is 52.9 Å². The molecule has 0 bridgehead atoms. The Labute approximate surface area is 193 Å². The summed E-state index contributed by atoms with van der Waals surface area (Å²) in [7, 11) is 0. The standard InChI is InChI=1S/C25H18ClFN2O4/c26-16-3-1-15(2-4-16)13-29-14-20(19-7-5-17(27)11-21(19)29)24(30)25(31)28-18-6-8-22-23(12-18)33-10-9-32-22/h1-8,11-12,14H,9-10,13H2,(H,28,31). The monoisotopic (exact) mass is 464 g/mol. The van der Waals surface area contributed by atoms with E-state index in [1.54, 1.807) is 41.1 Å². The van der Waals surface area contributed by atoms with E-state index in [1.165, 1.54) is 18.2 Å². The molecule has 166 valence electrons. The molecule has 2 heterocycles. The average molecular weight is 465 g/mol. The van der Waals surface area contributed by atoms with Crippen molar-refractivity contribution in [2.75, 3.05) is 18.5 Å². The maximum Gasteiger partial charge on any atom is 0.296 e. The number of benzene rings is 3. The Morgan fingerprint density at radius 2 is 1.73 bits per heavy atom. The van der Waals surface area contributed by atoms with Gasteiger partial charge in [-0.15, -0.1) is 0 Å². The molecular formula is C25H18ClFN2O4. The molecule has 1 N–H and O–H groups in total. The number of anilines is 1. The topological polar surface area (TPSA) is 69.6 Å². The molecule has 0 radical (unpaired) electrons. The Hall–Kier alpha value is -3.84. The highest BCUT2D eigenvalue weighted by atomic mass is 35.5. The van der Waals surface area contributed by atoms with Gasteiger partial charge in [-0.3, -0.25) is 9.59 Å². The van der Waals surface area contributed by atoms with Crippen molar-refractivity contribution < 1.29 is 23.5 Å². The number of ether oxygens (including phenoxy) is 2. The van der Waals surface area contributed by atoms with Gasteiger partial charge in [0.2, 0.25) is 0 Å². The third kappa shape index (κ3) is 4.27. The number of ketones is 1. The number of aromatic nitrogens is 1. The van der Waals surface area contributed by atoms with Crippen LogP contribution in [0.4, 0.5) is 10.1 Å². The van der Waals surface area contributed by atoms with Crippen LogP contribution >= 0.6 is 11.6 Å². The number of nitrogens with zero attached hydrogens (tertiary/aromatic N) is 1. The van der Waals surface area contributed by atoms with Crippen LogP contribution in [0.5, 0.6) is 11.5 Å². The van der Waals surface area contributed by atoms with Gasteiger partial charge in [-0.2, -0.15) is 0 Å². The molecule has 1 aliphatic rings. The first-order valence-electron chi connectivity index (χ1n) is 10.3. The molecule has 6 nitrogen and oxygen atoms in total. The molecular weight excluding hydrogens is 447 g/mol. The molecule has 0 saturated carbocycles. The number of carbonyl (C=O) groups excluding carboxylic acids is 2. The maximum atomic E-state index is 14.0. The molecule has 0 unspecified atom stereocenters. The number of fused-ring (bicyclic) bond motifs is 2. The van der Waals surface area contributed by atoms with Gasteiger partial charge < -0.3 is 19.4 Å². The van der Waals surface area contributed by atoms with Crippen molar-refractivity contribution in [3.05, 3.63) is 88.8 Å². The molecule has 0 spiro atoms. The number of carbonyl (C=O) groups is 2. The van der Waals surface area contributed by atoms with Gasteiger partial charge >= 0.3 is 0 Å². The van der Waals surface area contributed by atoms with Crippen LogP contribution in [0.1, 0.15) is 15.9 Å². The van der Waals surface area contributed by atoms with Crippen molar-refractivity contribution in [1.82, 2.24) is 4.57 Å². The molecule has 1 aliphatic heterocycles. The van der Waals surface area contributed by atoms with Gasteiger partial charge in [0, 0.05) is 34.9 Å². The molecule has 0 fully saturated rings. The number of Topliss-reactive ketones (excluding diaryl/α,β-unsaturated/α-hetero) is 1. The van der Waals surface area contributed by atoms with E-state index in [4.69, 9.17) is 21.1 Å². The van der Waals surface area contributed by atoms with Crippen molar-refractivity contribution in [2.45, 2.75) is 6.54 Å². The fourth-order valence-electron chi connectivity index (χ4n) is 3.79. The highest BCUT2D eigenvalue weighted by Crippen LogP contribution is 2.33. The zero-order valence-corrected chi connectivity index (χ0v) is 18.1. The first-order valence-corrected chi connectivity index (χ1v) is 10.6. The summed E-state index contributed by atoms with van der Waals surface area (Å²) in [5.74, 6) is -0.880. The van der Waals surface area contributed by atoms with Crippen molar-refractivity contribution in [2.24, 2.45) is 0 Å². The molecule has 0 atom stereocenters. The van der Waals surface area contributed by atoms with Crippen LogP contribution in [0.3, 0.4) is 0 Å². The number of halogens is 2. The van der Waals surface area contributed by atoms with Gasteiger partial charge in [0.1, 0.15) is 19.0 Å². The van der Waals surface area contributed by atoms with E-state index in [-0.39, 0.29) is 5.56 Å². The van der Waals surface area contributed by atoms with Crippen molar-refractivity contribution in [3.63, 3.8) is 0 Å². The molecule has 0 aliphatic carbocycles. The van der Waals surface area contributed by atoms with Crippen LogP contribution < -0.4 is 14.8 Å². The highest BCUT2D eigenvalue weighted by Gasteiger charge is 2.23. The Balaban J connectivity index is 1.44. The van der Waals surface area contributed by atoms with Crippen LogP contribution in [0.15, 0.2) is 66.9 Å². The van der Waals surface area contributed by atoms with Crippen molar-refractivity contribution in [3.8, 4) is 11.5 Å². The first-order chi connectivity index (χ1) is 16.0. The quantitative estimate of drug-likeness (QED) is 0.330. The Kier molecular flexibility index (Phi) is 5.48. The predicted molar refractivity (Wildman–Crippen MR) is 123 cm³/mol. The summed E-state index contributed by atoms with van der Waals surface area (Å²) in [4.78, 5) is 25.8. The highest BCUT2D eigenvalue weighted by molar-refractivity contribution is 6.48. The molecule has 1 aromatic heterocycles. The number of amides is 1. The van der Waals surface area contributed by atoms with E-state index in [9.17, 15) is 14.0 Å². The summed E-state index contributed by atoms with van der Waals surface area (Å²) < 4.78 is 26.7. The maximum absolute atomic E-state index is 14.0. The third-order valence-corrected chi connectivity index (χ3v) is 5.61. The second-order valence-corrected chi connectivity index (χ2v) is 8.04. The molecule has 8 heteroatoms. The minimum absolute atomic E-state index is 0.189. The van der Waals surface area contributed by atoms with Crippen LogP contribution in [-0.4, -0.2) is 29.5 Å². The second kappa shape index (κ2) is 8.60. The number of nitrogens with one attached hydrogen (secondary N) is 1. The summed E-state index contributed by atoms with van der Waals surface area (Å²) in [6.45, 7) is 1.25. The van der Waals surface area contributed by atoms with Gasteiger partial charge in [0.05, 0.1) is 11.1 Å². The van der Waals surface area contributed by atoms with E-state index >= 15 is 0 Å². The van der Waals surface area contributed by atoms with Gasteiger partial charge in [-0.05, 0) is 48.0 Å². The smallest absolute Gasteiger partial charge is 0.296 e. The summed E-state index contributed by atoms with van der Waals surface area (Å²) in [5, 5.41) is 3.71. The van der Waals surface area contributed by atoms with E-state index in [0.717, 1.165) is 5.56 Å². The molecule has 5 rings (SSSR count). The summed E-state index contributed by atoms with van der Waals surface area (Å²) in [6.07, 6.45) is 1.57. The lowest BCUT2D eigenvalue weighted by atomic mass is 10.1. The SMILES string of the molecule is O=C(Nc1ccc2c(c1)OCCO2)C(=O)c1cn(Cc2ccc(Cl)cc2)c2cc(F)ccc12. The predicted octanol–water partition coefficient (Wildman–Crippen LogP) is 5.07. The fourth-order valence-corrected chi connectivity index (χ4v) is 3.92. The molecule has 0 saturated heterocycles. The Bertz CT molecular complexity index is 1380. The normalized spacial score (nSPS) is 12.5. The van der Waals surface area contributed by atoms with Crippen LogP contribution in [-0.2, 0) is 11.3 Å². The van der Waals surface area contributed by atoms with Crippen LogP contribution in [0.25, 0.3) is 10.9 Å². The molecule has 33 heavy (non-hydrogen) atoms. The number of rotatable bonds is 5. The van der Waals surface area contributed by atoms with Crippen molar-refractivity contribution >= 4 is 39.9 Å². The average Bonchev–Trinajstić information content (AvgIpc) is 3.17. The summed E-state index contributed by atoms with van der Waals surface area (Å²) in [6, 6.07) is 16.3. The van der Waals surface area contributed by atoms with E-state index < -0.39 is 17.5 Å². The molecule has 4 aromatic rings. The van der Waals surface area contributed by atoms with E-state index in [1.807, 2.05) is 12.1 Å². The summed E-state index contributed by atoms with van der Waals surface area (Å²) >= 11 is 5.96. The number of hydrogen-bond donors (Lipinski definition) is 1.